The molecule has 0 bridgehead atoms. The van der Waals surface area contributed by atoms with Crippen LogP contribution in [0.4, 0.5) is 13.2 Å². The van der Waals surface area contributed by atoms with Gasteiger partial charge in [-0.3, -0.25) is 4.79 Å². The van der Waals surface area contributed by atoms with Crippen LogP contribution < -0.4 is 5.73 Å². The van der Waals surface area contributed by atoms with Crippen molar-refractivity contribution in [3.8, 4) is 0 Å². The summed E-state index contributed by atoms with van der Waals surface area (Å²) in [6.45, 7) is 0.558. The predicted octanol–water partition coefficient (Wildman–Crippen LogP) is 2.53. The first kappa shape index (κ1) is 16.5. The zero-order valence-corrected chi connectivity index (χ0v) is 11.4. The third-order valence-corrected chi connectivity index (χ3v) is 2.91. The summed E-state index contributed by atoms with van der Waals surface area (Å²) in [5.41, 5.74) is 6.22. The Morgan fingerprint density at radius 1 is 1.30 bits per heavy atom. The number of rotatable bonds is 6. The average molecular weight is 288 g/mol. The van der Waals surface area contributed by atoms with Gasteiger partial charge in [0.2, 0.25) is 5.91 Å². The fourth-order valence-corrected chi connectivity index (χ4v) is 2.04. The highest BCUT2D eigenvalue weighted by Gasteiger charge is 2.35. The fraction of sp³-hybridized carbons (Fsp3) is 0.500. The summed E-state index contributed by atoms with van der Waals surface area (Å²) in [6.07, 6.45) is -3.94. The third-order valence-electron chi connectivity index (χ3n) is 2.91. The zero-order valence-electron chi connectivity index (χ0n) is 11.4. The van der Waals surface area contributed by atoms with E-state index < -0.39 is 24.5 Å². The SMILES string of the molecule is CCCN(CC(F)(F)F)C(=O)C(CN)c1ccccc1. The Kier molecular flexibility index (Phi) is 6.01. The van der Waals surface area contributed by atoms with Gasteiger partial charge in [0.15, 0.2) is 0 Å². The smallest absolute Gasteiger partial charge is 0.333 e. The first-order valence-electron chi connectivity index (χ1n) is 6.49. The van der Waals surface area contributed by atoms with E-state index in [-0.39, 0.29) is 13.1 Å². The van der Waals surface area contributed by atoms with E-state index >= 15 is 0 Å². The van der Waals surface area contributed by atoms with Gasteiger partial charge in [-0.1, -0.05) is 37.3 Å². The first-order valence-corrected chi connectivity index (χ1v) is 6.49. The number of carbonyl (C=O) groups is 1. The molecule has 0 aromatic heterocycles. The van der Waals surface area contributed by atoms with E-state index in [1.54, 1.807) is 37.3 Å². The van der Waals surface area contributed by atoms with Crippen molar-refractivity contribution in [1.29, 1.82) is 0 Å². The molecule has 1 atom stereocenters. The van der Waals surface area contributed by atoms with E-state index in [1.165, 1.54) is 0 Å². The Morgan fingerprint density at radius 3 is 2.35 bits per heavy atom. The molecule has 0 spiro atoms. The summed E-state index contributed by atoms with van der Waals surface area (Å²) < 4.78 is 37.6. The molecular formula is C14H19F3N2O. The Balaban J connectivity index is 2.91. The summed E-state index contributed by atoms with van der Waals surface area (Å²) in [4.78, 5) is 13.1. The van der Waals surface area contributed by atoms with Crippen LogP contribution in [0, 0.1) is 0 Å². The highest BCUT2D eigenvalue weighted by atomic mass is 19.4. The Labute approximate surface area is 116 Å². The maximum atomic E-state index is 12.5. The quantitative estimate of drug-likeness (QED) is 0.874. The van der Waals surface area contributed by atoms with Crippen molar-refractivity contribution in [3.05, 3.63) is 35.9 Å². The number of amides is 1. The minimum atomic E-state index is -4.40. The van der Waals surface area contributed by atoms with Crippen LogP contribution in [0.5, 0.6) is 0 Å². The molecule has 1 unspecified atom stereocenters. The van der Waals surface area contributed by atoms with Crippen LogP contribution in [-0.4, -0.2) is 36.6 Å². The average Bonchev–Trinajstić information content (AvgIpc) is 2.39. The van der Waals surface area contributed by atoms with Crippen molar-refractivity contribution in [1.82, 2.24) is 4.90 Å². The Bertz CT molecular complexity index is 420. The van der Waals surface area contributed by atoms with Crippen LogP contribution in [0.3, 0.4) is 0 Å². The maximum absolute atomic E-state index is 12.5. The van der Waals surface area contributed by atoms with Gasteiger partial charge < -0.3 is 10.6 Å². The van der Waals surface area contributed by atoms with Crippen molar-refractivity contribution in [2.24, 2.45) is 5.73 Å². The van der Waals surface area contributed by atoms with Gasteiger partial charge in [-0.15, -0.1) is 0 Å². The fourth-order valence-electron chi connectivity index (χ4n) is 2.04. The number of benzene rings is 1. The molecule has 3 nitrogen and oxygen atoms in total. The van der Waals surface area contributed by atoms with E-state index in [0.717, 1.165) is 4.90 Å². The van der Waals surface area contributed by atoms with Crippen molar-refractivity contribution in [2.45, 2.75) is 25.4 Å². The largest absolute Gasteiger partial charge is 0.406 e. The molecule has 0 saturated heterocycles. The van der Waals surface area contributed by atoms with Crippen molar-refractivity contribution < 1.29 is 18.0 Å². The summed E-state index contributed by atoms with van der Waals surface area (Å²) in [6, 6.07) is 8.65. The molecule has 1 amide bonds. The van der Waals surface area contributed by atoms with Crippen molar-refractivity contribution in [2.75, 3.05) is 19.6 Å². The van der Waals surface area contributed by atoms with Crippen LogP contribution in [0.1, 0.15) is 24.8 Å². The molecular weight excluding hydrogens is 269 g/mol. The maximum Gasteiger partial charge on any atom is 0.406 e. The molecule has 0 aliphatic rings. The number of alkyl halides is 3. The van der Waals surface area contributed by atoms with Crippen LogP contribution >= 0.6 is 0 Å². The van der Waals surface area contributed by atoms with Crippen LogP contribution in [-0.2, 0) is 4.79 Å². The topological polar surface area (TPSA) is 46.3 Å². The molecule has 0 aliphatic heterocycles. The van der Waals surface area contributed by atoms with Gasteiger partial charge in [0, 0.05) is 13.1 Å². The molecule has 0 fully saturated rings. The van der Waals surface area contributed by atoms with Gasteiger partial charge in [0.25, 0.3) is 0 Å². The van der Waals surface area contributed by atoms with Crippen molar-refractivity contribution >= 4 is 5.91 Å². The monoisotopic (exact) mass is 288 g/mol. The van der Waals surface area contributed by atoms with Gasteiger partial charge in [-0.25, -0.2) is 0 Å². The second kappa shape index (κ2) is 7.28. The summed E-state index contributed by atoms with van der Waals surface area (Å²) >= 11 is 0. The number of hydrogen-bond donors (Lipinski definition) is 1. The number of hydrogen-bond acceptors (Lipinski definition) is 2. The minimum absolute atomic E-state index is 0.0130. The van der Waals surface area contributed by atoms with E-state index in [4.69, 9.17) is 5.73 Å². The molecule has 0 saturated carbocycles. The third kappa shape index (κ3) is 4.85. The summed E-state index contributed by atoms with van der Waals surface area (Å²) in [5.74, 6) is -1.30. The molecule has 1 aromatic rings. The first-order chi connectivity index (χ1) is 9.39. The lowest BCUT2D eigenvalue weighted by molar-refractivity contribution is -0.162. The zero-order chi connectivity index (χ0) is 15.2. The molecule has 6 heteroatoms. The van der Waals surface area contributed by atoms with Gasteiger partial charge >= 0.3 is 6.18 Å². The van der Waals surface area contributed by atoms with Crippen LogP contribution in [0.15, 0.2) is 30.3 Å². The molecule has 0 heterocycles. The molecule has 2 N–H and O–H groups in total. The highest BCUT2D eigenvalue weighted by Crippen LogP contribution is 2.22. The van der Waals surface area contributed by atoms with E-state index in [1.807, 2.05) is 0 Å². The normalized spacial score (nSPS) is 13.1. The Morgan fingerprint density at radius 2 is 1.90 bits per heavy atom. The lowest BCUT2D eigenvalue weighted by Crippen LogP contribution is -2.43. The lowest BCUT2D eigenvalue weighted by Gasteiger charge is -2.27. The minimum Gasteiger partial charge on any atom is -0.333 e. The molecule has 0 aliphatic carbocycles. The van der Waals surface area contributed by atoms with Crippen LogP contribution in [0.2, 0.25) is 0 Å². The summed E-state index contributed by atoms with van der Waals surface area (Å²) in [5, 5.41) is 0. The number of nitrogens with two attached hydrogens (primary N) is 1. The van der Waals surface area contributed by atoms with Crippen LogP contribution in [0.25, 0.3) is 0 Å². The van der Waals surface area contributed by atoms with Gasteiger partial charge in [-0.05, 0) is 12.0 Å². The van der Waals surface area contributed by atoms with E-state index in [9.17, 15) is 18.0 Å². The molecule has 1 rings (SSSR count). The predicted molar refractivity (Wildman–Crippen MR) is 71.2 cm³/mol. The molecule has 112 valence electrons. The second-order valence-electron chi connectivity index (χ2n) is 4.57. The number of nitrogens with zero attached hydrogens (tertiary/aromatic N) is 1. The number of carbonyl (C=O) groups excluding carboxylic acids is 1. The lowest BCUT2D eigenvalue weighted by atomic mass is 9.97. The molecule has 0 radical (unpaired) electrons. The molecule has 20 heavy (non-hydrogen) atoms. The molecule has 1 aromatic carbocycles. The number of halogens is 3. The summed E-state index contributed by atoms with van der Waals surface area (Å²) in [7, 11) is 0. The van der Waals surface area contributed by atoms with Gasteiger partial charge in [0.05, 0.1) is 5.92 Å². The van der Waals surface area contributed by atoms with Crippen molar-refractivity contribution in [3.63, 3.8) is 0 Å². The van der Waals surface area contributed by atoms with E-state index in [0.29, 0.717) is 12.0 Å². The van der Waals surface area contributed by atoms with Gasteiger partial charge in [-0.2, -0.15) is 13.2 Å². The standard InChI is InChI=1S/C14H19F3N2O/c1-2-8-19(10-14(15,16)17)13(20)12(9-18)11-6-4-3-5-7-11/h3-7,12H,2,8-10,18H2,1H3. The highest BCUT2D eigenvalue weighted by molar-refractivity contribution is 5.84. The van der Waals surface area contributed by atoms with E-state index in [2.05, 4.69) is 0 Å². The second-order valence-corrected chi connectivity index (χ2v) is 4.57. The Hall–Kier alpha value is -1.56. The van der Waals surface area contributed by atoms with Gasteiger partial charge in [0.1, 0.15) is 6.54 Å².